The Labute approximate surface area is 134 Å². The van der Waals surface area contributed by atoms with Crippen molar-refractivity contribution in [1.29, 1.82) is 0 Å². The van der Waals surface area contributed by atoms with Crippen LogP contribution in [0.4, 0.5) is 11.4 Å². The number of nitro groups is 2. The summed E-state index contributed by atoms with van der Waals surface area (Å²) in [6, 6.07) is 9.28. The number of nitrogens with zero attached hydrogens (tertiary/aromatic N) is 2. The quantitative estimate of drug-likeness (QED) is 0.358. The zero-order valence-electron chi connectivity index (χ0n) is 11.5. The van der Waals surface area contributed by atoms with Gasteiger partial charge in [0.15, 0.2) is 0 Å². The van der Waals surface area contributed by atoms with Crippen LogP contribution in [0.1, 0.15) is 5.56 Å². The van der Waals surface area contributed by atoms with Crippen LogP contribution < -0.4 is 4.74 Å². The van der Waals surface area contributed by atoms with Crippen LogP contribution >= 0.6 is 11.6 Å². The monoisotopic (exact) mass is 336 g/mol. The Balaban J connectivity index is 2.20. The molecule has 0 N–H and O–H groups in total. The zero-order chi connectivity index (χ0) is 17.0. The van der Waals surface area contributed by atoms with E-state index in [1.54, 1.807) is 24.3 Å². The molecule has 0 aromatic heterocycles. The third-order valence-corrected chi connectivity index (χ3v) is 3.05. The molecule has 0 unspecified atom stereocenters. The molecule has 23 heavy (non-hydrogen) atoms. The van der Waals surface area contributed by atoms with E-state index in [1.807, 2.05) is 0 Å². The van der Waals surface area contributed by atoms with Gasteiger partial charge in [0.05, 0.1) is 22.3 Å². The van der Waals surface area contributed by atoms with Gasteiger partial charge in [-0.15, -0.1) is 0 Å². The summed E-state index contributed by atoms with van der Waals surface area (Å²) in [5.74, 6) is -1.10. The largest absolute Gasteiger partial charge is 0.419 e. The van der Waals surface area contributed by atoms with E-state index in [4.69, 9.17) is 16.3 Å². The molecular weight excluding hydrogens is 328 g/mol. The number of esters is 1. The molecule has 0 spiro atoms. The first-order chi connectivity index (χ1) is 10.9. The highest BCUT2D eigenvalue weighted by atomic mass is 35.5. The molecule has 0 bridgehead atoms. The number of benzene rings is 2. The molecule has 2 aromatic carbocycles. The second kappa shape index (κ2) is 6.84. The smallest absolute Gasteiger partial charge is 0.318 e. The van der Waals surface area contributed by atoms with E-state index in [1.165, 1.54) is 0 Å². The van der Waals surface area contributed by atoms with Gasteiger partial charge in [-0.05, 0) is 23.8 Å². The minimum absolute atomic E-state index is 0.144. The predicted octanol–water partition coefficient (Wildman–Crippen LogP) is 3.30. The van der Waals surface area contributed by atoms with Gasteiger partial charge < -0.3 is 4.74 Å². The Bertz CT molecular complexity index is 793. The molecule has 0 aliphatic carbocycles. The maximum Gasteiger partial charge on any atom is 0.318 e. The van der Waals surface area contributed by atoms with E-state index in [0.29, 0.717) is 10.6 Å². The van der Waals surface area contributed by atoms with Gasteiger partial charge in [-0.3, -0.25) is 25.0 Å². The van der Waals surface area contributed by atoms with Crippen molar-refractivity contribution in [2.24, 2.45) is 0 Å². The first-order valence-electron chi connectivity index (χ1n) is 6.25. The van der Waals surface area contributed by atoms with Gasteiger partial charge in [0.1, 0.15) is 0 Å². The molecular formula is C14H9ClN2O6. The summed E-state index contributed by atoms with van der Waals surface area (Å²) >= 11 is 5.80. The second-order valence-electron chi connectivity index (χ2n) is 4.45. The van der Waals surface area contributed by atoms with E-state index in [0.717, 1.165) is 18.2 Å². The summed E-state index contributed by atoms with van der Waals surface area (Å²) in [7, 11) is 0. The molecule has 2 aromatic rings. The van der Waals surface area contributed by atoms with Crippen molar-refractivity contribution in [2.75, 3.05) is 0 Å². The highest BCUT2D eigenvalue weighted by Gasteiger charge is 2.22. The minimum Gasteiger partial charge on any atom is -0.419 e. The third kappa shape index (κ3) is 4.24. The molecule has 9 heteroatoms. The van der Waals surface area contributed by atoms with E-state index < -0.39 is 27.2 Å². The molecule has 0 radical (unpaired) electrons. The SMILES string of the molecule is O=C(Cc1cccc(Cl)c1)Oc1ccc([N+](=O)[O-])cc1[N+](=O)[O-]. The van der Waals surface area contributed by atoms with E-state index >= 15 is 0 Å². The Morgan fingerprint density at radius 2 is 1.83 bits per heavy atom. The molecule has 0 saturated heterocycles. The number of carbonyl (C=O) groups excluding carboxylic acids is 1. The van der Waals surface area contributed by atoms with Crippen LogP contribution in [0.25, 0.3) is 0 Å². The summed E-state index contributed by atoms with van der Waals surface area (Å²) in [6.07, 6.45) is -0.144. The Hall–Kier alpha value is -3.00. The molecule has 0 atom stereocenters. The fraction of sp³-hybridized carbons (Fsp3) is 0.0714. The van der Waals surface area contributed by atoms with Crippen LogP contribution in [0.15, 0.2) is 42.5 Å². The first kappa shape index (κ1) is 16.4. The molecule has 118 valence electrons. The average Bonchev–Trinajstić information content (AvgIpc) is 2.47. The van der Waals surface area contributed by atoms with Gasteiger partial charge in [-0.2, -0.15) is 0 Å². The molecule has 8 nitrogen and oxygen atoms in total. The van der Waals surface area contributed by atoms with E-state index in [2.05, 4.69) is 0 Å². The van der Waals surface area contributed by atoms with Gasteiger partial charge in [-0.1, -0.05) is 23.7 Å². The van der Waals surface area contributed by atoms with Crippen molar-refractivity contribution in [1.82, 2.24) is 0 Å². The second-order valence-corrected chi connectivity index (χ2v) is 4.88. The van der Waals surface area contributed by atoms with Gasteiger partial charge in [0.25, 0.3) is 5.69 Å². The zero-order valence-corrected chi connectivity index (χ0v) is 12.2. The molecule has 0 aliphatic heterocycles. The lowest BCUT2D eigenvalue weighted by Crippen LogP contribution is -2.12. The third-order valence-electron chi connectivity index (χ3n) is 2.81. The summed E-state index contributed by atoms with van der Waals surface area (Å²) in [5.41, 5.74) is -0.544. The Morgan fingerprint density at radius 3 is 2.43 bits per heavy atom. The minimum atomic E-state index is -0.852. The van der Waals surface area contributed by atoms with Crippen LogP contribution in [0.3, 0.4) is 0 Å². The van der Waals surface area contributed by atoms with Crippen molar-refractivity contribution < 1.29 is 19.4 Å². The summed E-state index contributed by atoms with van der Waals surface area (Å²) in [4.78, 5) is 31.8. The van der Waals surface area contributed by atoms with Crippen molar-refractivity contribution >= 4 is 28.9 Å². The number of hydrogen-bond acceptors (Lipinski definition) is 6. The van der Waals surface area contributed by atoms with Crippen LogP contribution in [0.5, 0.6) is 5.75 Å². The van der Waals surface area contributed by atoms with Crippen molar-refractivity contribution in [3.05, 3.63) is 73.3 Å². The van der Waals surface area contributed by atoms with Gasteiger partial charge >= 0.3 is 11.7 Å². The van der Waals surface area contributed by atoms with Gasteiger partial charge in [0, 0.05) is 11.1 Å². The van der Waals surface area contributed by atoms with Crippen molar-refractivity contribution in [3.8, 4) is 5.75 Å². The number of ether oxygens (including phenoxy) is 1. The highest BCUT2D eigenvalue weighted by molar-refractivity contribution is 6.30. The number of halogens is 1. The highest BCUT2D eigenvalue weighted by Crippen LogP contribution is 2.31. The fourth-order valence-corrected chi connectivity index (χ4v) is 2.03. The topological polar surface area (TPSA) is 113 Å². The van der Waals surface area contributed by atoms with E-state index in [-0.39, 0.29) is 12.2 Å². The first-order valence-corrected chi connectivity index (χ1v) is 6.62. The molecule has 0 fully saturated rings. The summed E-state index contributed by atoms with van der Waals surface area (Å²) in [5, 5.41) is 22.0. The molecule has 0 saturated carbocycles. The maximum atomic E-state index is 11.9. The Morgan fingerprint density at radius 1 is 1.09 bits per heavy atom. The normalized spacial score (nSPS) is 10.1. The lowest BCUT2D eigenvalue weighted by Gasteiger charge is -2.05. The van der Waals surface area contributed by atoms with Crippen LogP contribution in [0.2, 0.25) is 5.02 Å². The molecule has 2 rings (SSSR count). The van der Waals surface area contributed by atoms with Gasteiger partial charge in [-0.25, -0.2) is 0 Å². The van der Waals surface area contributed by atoms with Crippen LogP contribution in [-0.2, 0) is 11.2 Å². The van der Waals surface area contributed by atoms with Crippen molar-refractivity contribution in [3.63, 3.8) is 0 Å². The number of rotatable bonds is 5. The fourth-order valence-electron chi connectivity index (χ4n) is 1.82. The standard InChI is InChI=1S/C14H9ClN2O6/c15-10-3-1-2-9(6-10)7-14(18)23-13-5-4-11(16(19)20)8-12(13)17(21)22/h1-6,8H,7H2. The number of carbonyl (C=O) groups is 1. The lowest BCUT2D eigenvalue weighted by molar-refractivity contribution is -0.394. The number of non-ortho nitro benzene ring substituents is 1. The Kier molecular flexibility index (Phi) is 4.87. The predicted molar refractivity (Wildman–Crippen MR) is 80.5 cm³/mol. The molecule has 0 heterocycles. The van der Waals surface area contributed by atoms with Crippen LogP contribution in [-0.4, -0.2) is 15.8 Å². The molecule has 0 amide bonds. The number of nitro benzene ring substituents is 2. The summed E-state index contributed by atoms with van der Waals surface area (Å²) in [6.45, 7) is 0. The summed E-state index contributed by atoms with van der Waals surface area (Å²) < 4.78 is 4.94. The maximum absolute atomic E-state index is 11.9. The van der Waals surface area contributed by atoms with Crippen LogP contribution in [0, 0.1) is 20.2 Å². The average molecular weight is 337 g/mol. The number of hydrogen-bond donors (Lipinski definition) is 0. The van der Waals surface area contributed by atoms with Crippen molar-refractivity contribution in [2.45, 2.75) is 6.42 Å². The van der Waals surface area contributed by atoms with E-state index in [9.17, 15) is 25.0 Å². The van der Waals surface area contributed by atoms with Gasteiger partial charge in [0.2, 0.25) is 5.75 Å². The lowest BCUT2D eigenvalue weighted by atomic mass is 10.1. The molecule has 0 aliphatic rings.